The van der Waals surface area contributed by atoms with Crippen LogP contribution in [0.2, 0.25) is 0 Å². The molecule has 6 nitrogen and oxygen atoms in total. The van der Waals surface area contributed by atoms with Crippen molar-refractivity contribution in [2.24, 2.45) is 0 Å². The molecule has 1 unspecified atom stereocenters. The Kier molecular flexibility index (Phi) is 5.06. The van der Waals surface area contributed by atoms with Crippen LogP contribution < -0.4 is 0 Å². The van der Waals surface area contributed by atoms with Gasteiger partial charge in [-0.25, -0.2) is 4.98 Å². The van der Waals surface area contributed by atoms with Gasteiger partial charge < -0.3 is 14.6 Å². The zero-order valence-corrected chi connectivity index (χ0v) is 15.9. The van der Waals surface area contributed by atoms with E-state index in [1.54, 1.807) is 0 Å². The van der Waals surface area contributed by atoms with Gasteiger partial charge in [-0.05, 0) is 64.8 Å². The molecule has 1 spiro atoms. The lowest BCUT2D eigenvalue weighted by Crippen LogP contribution is -2.62. The van der Waals surface area contributed by atoms with E-state index in [-0.39, 0.29) is 11.6 Å². The van der Waals surface area contributed by atoms with Crippen LogP contribution in [0.1, 0.15) is 64.0 Å². The number of piperidine rings is 1. The largest absolute Gasteiger partial charge is 0.393 e. The zero-order valence-electron chi connectivity index (χ0n) is 15.9. The van der Waals surface area contributed by atoms with Crippen LogP contribution in [-0.2, 0) is 17.9 Å². The van der Waals surface area contributed by atoms with Gasteiger partial charge in [0.1, 0.15) is 5.54 Å². The van der Waals surface area contributed by atoms with Crippen LogP contribution in [0.3, 0.4) is 0 Å². The molecule has 0 radical (unpaired) electrons. The van der Waals surface area contributed by atoms with Crippen LogP contribution in [0.25, 0.3) is 0 Å². The van der Waals surface area contributed by atoms with Crippen LogP contribution in [0, 0.1) is 0 Å². The van der Waals surface area contributed by atoms with Gasteiger partial charge in [-0.3, -0.25) is 9.69 Å². The molecule has 0 aromatic carbocycles. The molecule has 1 aromatic heterocycles. The third-order valence-corrected chi connectivity index (χ3v) is 6.87. The highest BCUT2D eigenvalue weighted by molar-refractivity contribution is 5.87. The van der Waals surface area contributed by atoms with Gasteiger partial charge in [-0.1, -0.05) is 0 Å². The molecule has 3 heterocycles. The molecular formula is C20H32N4O2. The van der Waals surface area contributed by atoms with E-state index in [9.17, 15) is 9.90 Å². The van der Waals surface area contributed by atoms with Crippen LogP contribution in [0.5, 0.6) is 0 Å². The van der Waals surface area contributed by atoms with Crippen LogP contribution in [0.4, 0.5) is 0 Å². The number of hydrogen-bond donors (Lipinski definition) is 1. The maximum atomic E-state index is 13.6. The average Bonchev–Trinajstić information content (AvgIpc) is 3.26. The second-order valence-corrected chi connectivity index (χ2v) is 8.29. The summed E-state index contributed by atoms with van der Waals surface area (Å²) >= 11 is 0. The van der Waals surface area contributed by atoms with E-state index in [4.69, 9.17) is 0 Å². The normalized spacial score (nSPS) is 33.3. The van der Waals surface area contributed by atoms with Crippen LogP contribution in [-0.4, -0.2) is 61.1 Å². The monoisotopic (exact) mass is 360 g/mol. The van der Waals surface area contributed by atoms with E-state index in [1.165, 1.54) is 5.69 Å². The number of aromatic nitrogens is 2. The number of aryl methyl sites for hydroxylation is 1. The highest BCUT2D eigenvalue weighted by Crippen LogP contribution is 2.41. The summed E-state index contributed by atoms with van der Waals surface area (Å²) in [5.74, 6) is 0.352. The number of hydrogen-bond acceptors (Lipinski definition) is 4. The Morgan fingerprint density at radius 3 is 2.65 bits per heavy atom. The summed E-state index contributed by atoms with van der Waals surface area (Å²) in [5, 5.41) is 9.81. The van der Waals surface area contributed by atoms with Crippen molar-refractivity contribution in [2.45, 2.75) is 89.1 Å². The van der Waals surface area contributed by atoms with E-state index in [2.05, 4.69) is 26.3 Å². The van der Waals surface area contributed by atoms with E-state index in [0.29, 0.717) is 11.9 Å². The summed E-state index contributed by atoms with van der Waals surface area (Å²) in [6.07, 6.45) is 11.4. The van der Waals surface area contributed by atoms with Gasteiger partial charge in [0.15, 0.2) is 0 Å². The molecule has 0 bridgehead atoms. The van der Waals surface area contributed by atoms with Gasteiger partial charge in [0.2, 0.25) is 5.91 Å². The number of rotatable bonds is 4. The molecule has 2 saturated heterocycles. The Labute approximate surface area is 156 Å². The van der Waals surface area contributed by atoms with Crippen molar-refractivity contribution in [2.75, 3.05) is 13.1 Å². The molecule has 2 aliphatic heterocycles. The lowest BCUT2D eigenvalue weighted by atomic mass is 9.82. The fourth-order valence-corrected chi connectivity index (χ4v) is 5.39. The first-order valence-corrected chi connectivity index (χ1v) is 10.4. The van der Waals surface area contributed by atoms with Crippen LogP contribution >= 0.6 is 0 Å². The molecule has 1 amide bonds. The average molecular weight is 361 g/mol. The van der Waals surface area contributed by atoms with Gasteiger partial charge >= 0.3 is 0 Å². The highest BCUT2D eigenvalue weighted by Gasteiger charge is 2.52. The number of aliphatic hydroxyl groups excluding tert-OH is 1. The molecule has 3 aliphatic rings. The fraction of sp³-hybridized carbons (Fsp3) is 0.800. The second kappa shape index (κ2) is 7.31. The molecule has 1 aromatic rings. The number of carbonyl (C=O) groups is 1. The molecular weight excluding hydrogens is 328 g/mol. The first-order valence-electron chi connectivity index (χ1n) is 10.4. The minimum absolute atomic E-state index is 0.169. The Bertz CT molecular complexity index is 638. The SMILES string of the molecule is CCn1cncc1CN1CCCC12CCCN(C1CCC(O)CC1)C2=O. The lowest BCUT2D eigenvalue weighted by Gasteiger charge is -2.48. The highest BCUT2D eigenvalue weighted by atomic mass is 16.3. The molecule has 1 N–H and O–H groups in total. The molecule has 1 aliphatic carbocycles. The van der Waals surface area contributed by atoms with Crippen molar-refractivity contribution in [1.82, 2.24) is 19.4 Å². The predicted octanol–water partition coefficient (Wildman–Crippen LogP) is 2.16. The number of aliphatic hydroxyl groups is 1. The van der Waals surface area contributed by atoms with Crippen molar-refractivity contribution in [3.05, 3.63) is 18.2 Å². The van der Waals surface area contributed by atoms with Gasteiger partial charge in [0.05, 0.1) is 18.1 Å². The topological polar surface area (TPSA) is 61.6 Å². The summed E-state index contributed by atoms with van der Waals surface area (Å²) in [4.78, 5) is 22.5. The second-order valence-electron chi connectivity index (χ2n) is 8.29. The van der Waals surface area contributed by atoms with Gasteiger partial charge in [0, 0.05) is 31.9 Å². The number of imidazole rings is 1. The Hall–Kier alpha value is -1.40. The molecule has 144 valence electrons. The standard InChI is InChI=1S/C20H32N4O2/c1-2-22-15-21-13-17(22)14-23-11-3-9-20(23)10-4-12-24(19(20)26)16-5-7-18(25)8-6-16/h13,15-16,18,25H,2-12,14H2,1H3. The fourth-order valence-electron chi connectivity index (χ4n) is 5.39. The predicted molar refractivity (Wildman–Crippen MR) is 99.5 cm³/mol. The summed E-state index contributed by atoms with van der Waals surface area (Å²) < 4.78 is 2.18. The lowest BCUT2D eigenvalue weighted by molar-refractivity contribution is -0.152. The first kappa shape index (κ1) is 18.0. The minimum Gasteiger partial charge on any atom is -0.393 e. The smallest absolute Gasteiger partial charge is 0.243 e. The quantitative estimate of drug-likeness (QED) is 0.894. The minimum atomic E-state index is -0.308. The number of nitrogens with zero attached hydrogens (tertiary/aromatic N) is 4. The molecule has 4 rings (SSSR count). The van der Waals surface area contributed by atoms with Crippen molar-refractivity contribution in [3.63, 3.8) is 0 Å². The first-order chi connectivity index (χ1) is 12.6. The molecule has 6 heteroatoms. The summed E-state index contributed by atoms with van der Waals surface area (Å²) in [7, 11) is 0. The Balaban J connectivity index is 1.52. The van der Waals surface area contributed by atoms with Crippen LogP contribution in [0.15, 0.2) is 12.5 Å². The van der Waals surface area contributed by atoms with Crippen molar-refractivity contribution >= 4 is 5.91 Å². The third-order valence-electron chi connectivity index (χ3n) is 6.87. The van der Waals surface area contributed by atoms with E-state index in [0.717, 1.165) is 77.5 Å². The number of amides is 1. The van der Waals surface area contributed by atoms with Crippen molar-refractivity contribution in [3.8, 4) is 0 Å². The maximum absolute atomic E-state index is 13.6. The number of likely N-dealkylation sites (tertiary alicyclic amines) is 2. The van der Waals surface area contributed by atoms with Gasteiger partial charge in [-0.15, -0.1) is 0 Å². The Morgan fingerprint density at radius 1 is 1.19 bits per heavy atom. The third kappa shape index (κ3) is 3.07. The van der Waals surface area contributed by atoms with Crippen molar-refractivity contribution in [1.29, 1.82) is 0 Å². The number of carbonyl (C=O) groups excluding carboxylic acids is 1. The Morgan fingerprint density at radius 2 is 1.92 bits per heavy atom. The van der Waals surface area contributed by atoms with Gasteiger partial charge in [-0.2, -0.15) is 0 Å². The molecule has 26 heavy (non-hydrogen) atoms. The van der Waals surface area contributed by atoms with E-state index in [1.807, 2.05) is 12.5 Å². The summed E-state index contributed by atoms with van der Waals surface area (Å²) in [6.45, 7) is 5.76. The van der Waals surface area contributed by atoms with E-state index < -0.39 is 0 Å². The van der Waals surface area contributed by atoms with Gasteiger partial charge in [0.25, 0.3) is 0 Å². The maximum Gasteiger partial charge on any atom is 0.243 e. The summed E-state index contributed by atoms with van der Waals surface area (Å²) in [6, 6.07) is 0.326. The zero-order chi connectivity index (χ0) is 18.1. The summed E-state index contributed by atoms with van der Waals surface area (Å²) in [5.41, 5.74) is 0.899. The van der Waals surface area contributed by atoms with E-state index >= 15 is 0 Å². The van der Waals surface area contributed by atoms with Crippen molar-refractivity contribution < 1.29 is 9.90 Å². The molecule has 1 atom stereocenters. The molecule has 3 fully saturated rings. The molecule has 1 saturated carbocycles.